The molecule has 0 aliphatic carbocycles. The van der Waals surface area contributed by atoms with Crippen LogP contribution in [-0.4, -0.2) is 25.3 Å². The van der Waals surface area contributed by atoms with Crippen molar-refractivity contribution in [2.24, 2.45) is 5.11 Å². The quantitative estimate of drug-likeness (QED) is 0.268. The molecule has 0 aliphatic rings. The number of Topliss-reactive ketones (excluding diaryl/α,β-unsaturated/α-hetero) is 1. The number of azide groups is 1. The summed E-state index contributed by atoms with van der Waals surface area (Å²) in [5, 5.41) is 5.28. The molecule has 0 rings (SSSR count). The van der Waals surface area contributed by atoms with Crippen molar-refractivity contribution in [1.82, 2.24) is 5.32 Å². The van der Waals surface area contributed by atoms with Crippen LogP contribution in [0, 0.1) is 0 Å². The van der Waals surface area contributed by atoms with Crippen LogP contribution in [0.3, 0.4) is 0 Å². The van der Waals surface area contributed by atoms with Crippen molar-refractivity contribution in [2.45, 2.75) is 6.42 Å². The second-order valence-electron chi connectivity index (χ2n) is 1.71. The van der Waals surface area contributed by atoms with Crippen molar-refractivity contribution in [3.05, 3.63) is 10.4 Å². The molecule has 0 atom stereocenters. The first-order chi connectivity index (χ1) is 5.22. The highest BCUT2D eigenvalue weighted by Gasteiger charge is 2.08. The Hall–Kier alpha value is -1.55. The topological polar surface area (TPSA) is 94.9 Å². The Morgan fingerprint density at radius 3 is 2.73 bits per heavy atom. The summed E-state index contributed by atoms with van der Waals surface area (Å²) in [6.45, 7) is 0.0305. The summed E-state index contributed by atoms with van der Waals surface area (Å²) < 4.78 is 0. The van der Waals surface area contributed by atoms with E-state index >= 15 is 0 Å². The maximum absolute atomic E-state index is 10.7. The average molecular weight is 156 g/mol. The molecular formula is C5H8N4O2. The number of likely N-dealkylation sites (N-methyl/N-ethyl adjacent to an activating group) is 1. The Morgan fingerprint density at radius 2 is 2.27 bits per heavy atom. The first kappa shape index (κ1) is 9.45. The van der Waals surface area contributed by atoms with Gasteiger partial charge in [-0.25, -0.2) is 0 Å². The number of hydrogen-bond donors (Lipinski definition) is 1. The fraction of sp³-hybridized carbons (Fsp3) is 0.600. The lowest BCUT2D eigenvalue weighted by Crippen LogP contribution is -2.27. The van der Waals surface area contributed by atoms with E-state index < -0.39 is 11.7 Å². The van der Waals surface area contributed by atoms with E-state index in [0.29, 0.717) is 0 Å². The fourth-order valence-corrected chi connectivity index (χ4v) is 0.449. The third kappa shape index (κ3) is 3.94. The molecule has 6 heteroatoms. The molecule has 1 amide bonds. The number of rotatable bonds is 4. The molecule has 0 fully saturated rings. The number of carbonyl (C=O) groups excluding carboxylic acids is 2. The summed E-state index contributed by atoms with van der Waals surface area (Å²) in [5.74, 6) is -1.22. The summed E-state index contributed by atoms with van der Waals surface area (Å²) in [4.78, 5) is 23.6. The zero-order valence-electron chi connectivity index (χ0n) is 6.07. The highest BCUT2D eigenvalue weighted by Crippen LogP contribution is 1.84. The van der Waals surface area contributed by atoms with E-state index in [0.717, 1.165) is 0 Å². The fourth-order valence-electron chi connectivity index (χ4n) is 0.449. The van der Waals surface area contributed by atoms with E-state index in [1.807, 2.05) is 0 Å². The molecule has 0 saturated heterocycles. The third-order valence-corrected chi connectivity index (χ3v) is 0.982. The van der Waals surface area contributed by atoms with Crippen LogP contribution < -0.4 is 5.32 Å². The number of nitrogens with one attached hydrogen (secondary N) is 1. The predicted molar refractivity (Wildman–Crippen MR) is 37.7 cm³/mol. The lowest BCUT2D eigenvalue weighted by atomic mass is 10.3. The maximum atomic E-state index is 10.7. The van der Waals surface area contributed by atoms with E-state index in [1.54, 1.807) is 0 Å². The van der Waals surface area contributed by atoms with Crippen LogP contribution in [-0.2, 0) is 9.59 Å². The standard InChI is InChI=1S/C5H8N4O2/c1-7-5(11)4(10)2-3-8-9-6/h2-3H2,1H3,(H,7,11). The number of amides is 1. The highest BCUT2D eigenvalue weighted by molar-refractivity contribution is 6.36. The van der Waals surface area contributed by atoms with Crippen LogP contribution >= 0.6 is 0 Å². The van der Waals surface area contributed by atoms with Crippen molar-refractivity contribution >= 4 is 11.7 Å². The molecule has 0 unspecified atom stereocenters. The summed E-state index contributed by atoms with van der Waals surface area (Å²) in [6, 6.07) is 0. The highest BCUT2D eigenvalue weighted by atomic mass is 16.2. The van der Waals surface area contributed by atoms with Crippen LogP contribution in [0.5, 0.6) is 0 Å². The average Bonchev–Trinajstić information content (AvgIpc) is 2.03. The summed E-state index contributed by atoms with van der Waals surface area (Å²) in [5.41, 5.74) is 7.82. The van der Waals surface area contributed by atoms with Crippen molar-refractivity contribution in [3.63, 3.8) is 0 Å². The smallest absolute Gasteiger partial charge is 0.287 e. The molecular weight excluding hydrogens is 148 g/mol. The van der Waals surface area contributed by atoms with Gasteiger partial charge in [-0.3, -0.25) is 9.59 Å². The Kier molecular flexibility index (Phi) is 4.51. The monoisotopic (exact) mass is 156 g/mol. The van der Waals surface area contributed by atoms with Crippen LogP contribution in [0.2, 0.25) is 0 Å². The van der Waals surface area contributed by atoms with Crippen LogP contribution in [0.25, 0.3) is 10.4 Å². The van der Waals surface area contributed by atoms with Gasteiger partial charge >= 0.3 is 0 Å². The zero-order chi connectivity index (χ0) is 8.69. The van der Waals surface area contributed by atoms with Gasteiger partial charge in [0.25, 0.3) is 5.91 Å². The first-order valence-electron chi connectivity index (χ1n) is 2.98. The lowest BCUT2D eigenvalue weighted by molar-refractivity contribution is -0.137. The van der Waals surface area contributed by atoms with Gasteiger partial charge < -0.3 is 5.32 Å². The minimum absolute atomic E-state index is 0.0305. The van der Waals surface area contributed by atoms with E-state index in [9.17, 15) is 9.59 Å². The summed E-state index contributed by atoms with van der Waals surface area (Å²) >= 11 is 0. The van der Waals surface area contributed by atoms with Crippen molar-refractivity contribution in [3.8, 4) is 0 Å². The van der Waals surface area contributed by atoms with Crippen molar-refractivity contribution in [1.29, 1.82) is 0 Å². The second-order valence-corrected chi connectivity index (χ2v) is 1.71. The van der Waals surface area contributed by atoms with Crippen LogP contribution in [0.4, 0.5) is 0 Å². The molecule has 11 heavy (non-hydrogen) atoms. The largest absolute Gasteiger partial charge is 0.353 e. The molecule has 0 spiro atoms. The van der Waals surface area contributed by atoms with E-state index in [4.69, 9.17) is 5.53 Å². The molecule has 0 aliphatic heterocycles. The van der Waals surface area contributed by atoms with Gasteiger partial charge in [-0.1, -0.05) is 5.11 Å². The predicted octanol–water partition coefficient (Wildman–Crippen LogP) is 0.00190. The van der Waals surface area contributed by atoms with Gasteiger partial charge in [-0.05, 0) is 5.53 Å². The van der Waals surface area contributed by atoms with Crippen molar-refractivity contribution in [2.75, 3.05) is 13.6 Å². The number of hydrogen-bond acceptors (Lipinski definition) is 3. The number of ketones is 1. The minimum Gasteiger partial charge on any atom is -0.353 e. The maximum Gasteiger partial charge on any atom is 0.287 e. The van der Waals surface area contributed by atoms with Gasteiger partial charge in [0, 0.05) is 24.9 Å². The van der Waals surface area contributed by atoms with Crippen LogP contribution in [0.1, 0.15) is 6.42 Å². The van der Waals surface area contributed by atoms with Gasteiger partial charge in [-0.2, -0.15) is 0 Å². The molecule has 0 bridgehead atoms. The molecule has 6 nitrogen and oxygen atoms in total. The number of nitrogens with zero attached hydrogens (tertiary/aromatic N) is 3. The number of carbonyl (C=O) groups is 2. The Labute approximate surface area is 63.2 Å². The molecule has 0 radical (unpaired) electrons. The Bertz CT molecular complexity index is 207. The Balaban J connectivity index is 3.69. The van der Waals surface area contributed by atoms with Gasteiger partial charge in [-0.15, -0.1) is 0 Å². The van der Waals surface area contributed by atoms with Gasteiger partial charge in [0.1, 0.15) is 0 Å². The van der Waals surface area contributed by atoms with Crippen molar-refractivity contribution < 1.29 is 9.59 Å². The van der Waals surface area contributed by atoms with E-state index in [2.05, 4.69) is 15.3 Å². The molecule has 1 N–H and O–H groups in total. The molecule has 0 aromatic carbocycles. The summed E-state index contributed by atoms with van der Waals surface area (Å²) in [6.07, 6.45) is -0.0380. The first-order valence-corrected chi connectivity index (χ1v) is 2.98. The lowest BCUT2D eigenvalue weighted by Gasteiger charge is -1.93. The van der Waals surface area contributed by atoms with Gasteiger partial charge in [0.15, 0.2) is 0 Å². The molecule has 60 valence electrons. The second kappa shape index (κ2) is 5.25. The normalized spacial score (nSPS) is 8.09. The third-order valence-electron chi connectivity index (χ3n) is 0.982. The molecule has 0 heterocycles. The van der Waals surface area contributed by atoms with Gasteiger partial charge in [0.2, 0.25) is 5.78 Å². The zero-order valence-corrected chi connectivity index (χ0v) is 6.07. The molecule has 0 aromatic heterocycles. The SMILES string of the molecule is CNC(=O)C(=O)CCN=[N+]=[N-]. The van der Waals surface area contributed by atoms with E-state index in [1.165, 1.54) is 7.05 Å². The van der Waals surface area contributed by atoms with Crippen LogP contribution in [0.15, 0.2) is 5.11 Å². The molecule has 0 aromatic rings. The Morgan fingerprint density at radius 1 is 1.64 bits per heavy atom. The minimum atomic E-state index is -0.655. The summed E-state index contributed by atoms with van der Waals surface area (Å²) in [7, 11) is 1.37. The molecule has 0 saturated carbocycles. The van der Waals surface area contributed by atoms with Gasteiger partial charge in [0.05, 0.1) is 0 Å². The van der Waals surface area contributed by atoms with E-state index in [-0.39, 0.29) is 13.0 Å².